The molecule has 1 atom stereocenters. The first kappa shape index (κ1) is 12.7. The molecular formula is C14H20N2. The van der Waals surface area contributed by atoms with Crippen LogP contribution in [0.4, 0.5) is 0 Å². The van der Waals surface area contributed by atoms with E-state index in [1.807, 2.05) is 6.92 Å². The predicted molar refractivity (Wildman–Crippen MR) is 67.1 cm³/mol. The lowest BCUT2D eigenvalue weighted by Crippen LogP contribution is -2.26. The van der Waals surface area contributed by atoms with Crippen molar-refractivity contribution < 1.29 is 0 Å². The van der Waals surface area contributed by atoms with Crippen LogP contribution in [0.1, 0.15) is 44.2 Å². The Bertz CT molecular complexity index is 346. The summed E-state index contributed by atoms with van der Waals surface area (Å²) in [7, 11) is 0. The van der Waals surface area contributed by atoms with Crippen LogP contribution < -0.4 is 5.32 Å². The van der Waals surface area contributed by atoms with Gasteiger partial charge in [0.15, 0.2) is 0 Å². The van der Waals surface area contributed by atoms with E-state index in [1.165, 1.54) is 11.1 Å². The molecule has 1 rings (SSSR count). The van der Waals surface area contributed by atoms with E-state index in [1.54, 1.807) is 0 Å². The molecule has 0 saturated heterocycles. The molecular weight excluding hydrogens is 196 g/mol. The quantitative estimate of drug-likeness (QED) is 0.820. The van der Waals surface area contributed by atoms with Crippen molar-refractivity contribution in [1.82, 2.24) is 5.32 Å². The van der Waals surface area contributed by atoms with Crippen molar-refractivity contribution >= 4 is 0 Å². The third-order valence-corrected chi connectivity index (χ3v) is 2.76. The van der Waals surface area contributed by atoms with Gasteiger partial charge in [0, 0.05) is 6.54 Å². The second-order valence-corrected chi connectivity index (χ2v) is 4.37. The average molecular weight is 216 g/mol. The van der Waals surface area contributed by atoms with Gasteiger partial charge in [0.1, 0.15) is 0 Å². The molecule has 0 heterocycles. The van der Waals surface area contributed by atoms with Crippen LogP contribution in [0, 0.1) is 11.3 Å². The Morgan fingerprint density at radius 1 is 1.25 bits per heavy atom. The molecule has 1 N–H and O–H groups in total. The Balaban J connectivity index is 2.53. The Hall–Kier alpha value is -1.33. The van der Waals surface area contributed by atoms with Gasteiger partial charge in [-0.2, -0.15) is 5.26 Å². The van der Waals surface area contributed by atoms with Crippen molar-refractivity contribution in [2.24, 2.45) is 0 Å². The van der Waals surface area contributed by atoms with Crippen LogP contribution in [0.15, 0.2) is 24.3 Å². The number of rotatable bonds is 5. The SMILES string of the molecule is CCC(C#N)NCc1ccc(C(C)C)cc1. The molecule has 86 valence electrons. The first-order valence-corrected chi connectivity index (χ1v) is 5.89. The fourth-order valence-corrected chi connectivity index (χ4v) is 1.54. The number of nitrogens with one attached hydrogen (secondary N) is 1. The van der Waals surface area contributed by atoms with E-state index in [4.69, 9.17) is 5.26 Å². The van der Waals surface area contributed by atoms with Gasteiger partial charge in [-0.15, -0.1) is 0 Å². The summed E-state index contributed by atoms with van der Waals surface area (Å²) in [6.45, 7) is 7.17. The summed E-state index contributed by atoms with van der Waals surface area (Å²) >= 11 is 0. The standard InChI is InChI=1S/C14H20N2/c1-4-14(9-15)16-10-12-5-7-13(8-6-12)11(2)3/h5-8,11,14,16H,4,10H2,1-3H3. The number of nitrogens with zero attached hydrogens (tertiary/aromatic N) is 1. The number of hydrogen-bond acceptors (Lipinski definition) is 2. The summed E-state index contributed by atoms with van der Waals surface area (Å²) in [6.07, 6.45) is 0.848. The maximum atomic E-state index is 8.81. The van der Waals surface area contributed by atoms with Crippen LogP contribution in [0.3, 0.4) is 0 Å². The third kappa shape index (κ3) is 3.67. The molecule has 0 bridgehead atoms. The van der Waals surface area contributed by atoms with E-state index in [9.17, 15) is 0 Å². The van der Waals surface area contributed by atoms with Gasteiger partial charge in [-0.1, -0.05) is 45.0 Å². The van der Waals surface area contributed by atoms with Gasteiger partial charge < -0.3 is 0 Å². The largest absolute Gasteiger partial charge is 0.298 e. The highest BCUT2D eigenvalue weighted by atomic mass is 14.9. The van der Waals surface area contributed by atoms with Gasteiger partial charge in [0.25, 0.3) is 0 Å². The Kier molecular flexibility index (Phi) is 5.01. The zero-order valence-corrected chi connectivity index (χ0v) is 10.3. The molecule has 0 fully saturated rings. The zero-order chi connectivity index (χ0) is 12.0. The summed E-state index contributed by atoms with van der Waals surface area (Å²) in [4.78, 5) is 0. The number of hydrogen-bond donors (Lipinski definition) is 1. The van der Waals surface area contributed by atoms with E-state index in [-0.39, 0.29) is 6.04 Å². The number of benzene rings is 1. The van der Waals surface area contributed by atoms with Gasteiger partial charge >= 0.3 is 0 Å². The summed E-state index contributed by atoms with van der Waals surface area (Å²) in [5.41, 5.74) is 2.59. The van der Waals surface area contributed by atoms with Crippen molar-refractivity contribution in [2.45, 2.75) is 45.7 Å². The molecule has 0 amide bonds. The predicted octanol–water partition coefficient (Wildman–Crippen LogP) is 3.20. The fourth-order valence-electron chi connectivity index (χ4n) is 1.54. The Labute approximate surface area is 98.3 Å². The fraction of sp³-hybridized carbons (Fsp3) is 0.500. The highest BCUT2D eigenvalue weighted by Gasteiger charge is 2.03. The minimum absolute atomic E-state index is 0.0372. The highest BCUT2D eigenvalue weighted by molar-refractivity contribution is 5.24. The van der Waals surface area contributed by atoms with Crippen LogP contribution in [-0.2, 0) is 6.54 Å². The summed E-state index contributed by atoms with van der Waals surface area (Å²) < 4.78 is 0. The molecule has 1 aromatic carbocycles. The summed E-state index contributed by atoms with van der Waals surface area (Å²) in [5.74, 6) is 0.574. The second-order valence-electron chi connectivity index (χ2n) is 4.37. The molecule has 0 aliphatic carbocycles. The first-order valence-electron chi connectivity index (χ1n) is 5.89. The lowest BCUT2D eigenvalue weighted by Gasteiger charge is -2.10. The van der Waals surface area contributed by atoms with Crippen molar-refractivity contribution in [3.05, 3.63) is 35.4 Å². The van der Waals surface area contributed by atoms with Gasteiger partial charge in [0.2, 0.25) is 0 Å². The number of nitriles is 1. The summed E-state index contributed by atoms with van der Waals surface area (Å²) in [6, 6.07) is 10.8. The second kappa shape index (κ2) is 6.30. The van der Waals surface area contributed by atoms with Gasteiger partial charge in [0.05, 0.1) is 12.1 Å². The van der Waals surface area contributed by atoms with E-state index >= 15 is 0 Å². The Morgan fingerprint density at radius 2 is 1.88 bits per heavy atom. The van der Waals surface area contributed by atoms with Crippen LogP contribution in [0.5, 0.6) is 0 Å². The molecule has 0 spiro atoms. The van der Waals surface area contributed by atoms with Gasteiger partial charge in [-0.3, -0.25) is 5.32 Å². The third-order valence-electron chi connectivity index (χ3n) is 2.76. The smallest absolute Gasteiger partial charge is 0.0952 e. The molecule has 0 aliphatic rings. The molecule has 16 heavy (non-hydrogen) atoms. The van der Waals surface area contributed by atoms with Gasteiger partial charge in [-0.05, 0) is 23.5 Å². The summed E-state index contributed by atoms with van der Waals surface area (Å²) in [5, 5.41) is 12.0. The lowest BCUT2D eigenvalue weighted by atomic mass is 10.0. The maximum absolute atomic E-state index is 8.81. The topological polar surface area (TPSA) is 35.8 Å². The normalized spacial score (nSPS) is 12.4. The van der Waals surface area contributed by atoms with E-state index < -0.39 is 0 Å². The van der Waals surface area contributed by atoms with Crippen molar-refractivity contribution in [3.8, 4) is 6.07 Å². The highest BCUT2D eigenvalue weighted by Crippen LogP contribution is 2.14. The van der Waals surface area contributed by atoms with Crippen LogP contribution in [0.2, 0.25) is 0 Å². The average Bonchev–Trinajstić information content (AvgIpc) is 2.31. The molecule has 1 aromatic rings. The van der Waals surface area contributed by atoms with Crippen LogP contribution in [-0.4, -0.2) is 6.04 Å². The van der Waals surface area contributed by atoms with Crippen molar-refractivity contribution in [1.29, 1.82) is 5.26 Å². The zero-order valence-electron chi connectivity index (χ0n) is 10.3. The molecule has 0 radical (unpaired) electrons. The van der Waals surface area contributed by atoms with Crippen LogP contribution in [0.25, 0.3) is 0 Å². The monoisotopic (exact) mass is 216 g/mol. The minimum atomic E-state index is -0.0372. The van der Waals surface area contributed by atoms with Gasteiger partial charge in [-0.25, -0.2) is 0 Å². The molecule has 2 nitrogen and oxygen atoms in total. The maximum Gasteiger partial charge on any atom is 0.0952 e. The lowest BCUT2D eigenvalue weighted by molar-refractivity contribution is 0.587. The molecule has 0 saturated carbocycles. The molecule has 2 heteroatoms. The van der Waals surface area contributed by atoms with E-state index in [2.05, 4.69) is 49.5 Å². The molecule has 1 unspecified atom stereocenters. The van der Waals surface area contributed by atoms with Crippen molar-refractivity contribution in [2.75, 3.05) is 0 Å². The minimum Gasteiger partial charge on any atom is -0.298 e. The Morgan fingerprint density at radius 3 is 2.31 bits per heavy atom. The van der Waals surface area contributed by atoms with Crippen molar-refractivity contribution in [3.63, 3.8) is 0 Å². The molecule has 0 aromatic heterocycles. The van der Waals surface area contributed by atoms with E-state index in [0.29, 0.717) is 5.92 Å². The van der Waals surface area contributed by atoms with Crippen LogP contribution >= 0.6 is 0 Å². The first-order chi connectivity index (χ1) is 7.67. The van der Waals surface area contributed by atoms with E-state index in [0.717, 1.165) is 13.0 Å². The molecule has 0 aliphatic heterocycles.